The highest BCUT2D eigenvalue weighted by Crippen LogP contribution is 2.37. The van der Waals surface area contributed by atoms with E-state index in [2.05, 4.69) is 58.4 Å². The summed E-state index contributed by atoms with van der Waals surface area (Å²) in [5.41, 5.74) is 7.17. The highest BCUT2D eigenvalue weighted by atomic mass is 16.5. The number of hydrogen-bond donors (Lipinski definition) is 1. The molecular weight excluding hydrogens is 446 g/mol. The second-order valence-corrected chi connectivity index (χ2v) is 8.58. The Labute approximate surface area is 209 Å². The van der Waals surface area contributed by atoms with Crippen molar-refractivity contribution in [3.63, 3.8) is 0 Å². The van der Waals surface area contributed by atoms with Gasteiger partial charge in [-0.2, -0.15) is 0 Å². The van der Waals surface area contributed by atoms with Gasteiger partial charge >= 0.3 is 0 Å². The molecule has 6 aromatic rings. The maximum atomic E-state index is 5.54. The Kier molecular flexibility index (Phi) is 5.75. The van der Waals surface area contributed by atoms with Crippen LogP contribution >= 0.6 is 0 Å². The molecule has 0 atom stereocenters. The minimum Gasteiger partial charge on any atom is -0.496 e. The van der Waals surface area contributed by atoms with Crippen LogP contribution in [0.15, 0.2) is 104 Å². The van der Waals surface area contributed by atoms with Gasteiger partial charge in [-0.1, -0.05) is 78.9 Å². The molecule has 3 aromatic carbocycles. The predicted octanol–water partition coefficient (Wildman–Crippen LogP) is 6.32. The van der Waals surface area contributed by atoms with Gasteiger partial charge in [-0.05, 0) is 17.7 Å². The zero-order valence-corrected chi connectivity index (χ0v) is 19.9. The largest absolute Gasteiger partial charge is 0.496 e. The third-order valence-electron chi connectivity index (χ3n) is 6.42. The number of hydrogen-bond acceptors (Lipinski definition) is 5. The summed E-state index contributed by atoms with van der Waals surface area (Å²) in [5.74, 6) is 1.63. The van der Waals surface area contributed by atoms with Crippen molar-refractivity contribution in [3.8, 4) is 17.0 Å². The van der Waals surface area contributed by atoms with E-state index in [9.17, 15) is 0 Å². The average molecular weight is 472 g/mol. The van der Waals surface area contributed by atoms with E-state index in [0.717, 1.165) is 50.3 Å². The van der Waals surface area contributed by atoms with Gasteiger partial charge in [0.25, 0.3) is 0 Å². The van der Waals surface area contributed by atoms with Gasteiger partial charge in [0, 0.05) is 30.4 Å². The van der Waals surface area contributed by atoms with Gasteiger partial charge in [0.05, 0.1) is 29.2 Å². The Morgan fingerprint density at radius 2 is 1.56 bits per heavy atom. The molecule has 0 bridgehead atoms. The van der Waals surface area contributed by atoms with Gasteiger partial charge in [-0.25, -0.2) is 15.0 Å². The van der Waals surface area contributed by atoms with Gasteiger partial charge in [0.1, 0.15) is 23.4 Å². The average Bonchev–Trinajstić information content (AvgIpc) is 3.27. The molecule has 0 unspecified atom stereocenters. The minimum absolute atomic E-state index is 0.581. The number of benzene rings is 3. The fraction of sp³-hybridized carbons (Fsp3) is 0.100. The lowest BCUT2D eigenvalue weighted by molar-refractivity contribution is 0.410. The van der Waals surface area contributed by atoms with Gasteiger partial charge in [-0.3, -0.25) is 0 Å². The van der Waals surface area contributed by atoms with Crippen molar-refractivity contribution in [2.45, 2.75) is 13.1 Å². The third kappa shape index (κ3) is 3.92. The standard InChI is InChI=1S/C30H25N5O/c1-36-25-15-9-8-14-23(25)18-32-30-26-24(16-17-31-30)35(19-21-10-4-2-5-11-21)29-27(33-20-34-28(26)29)22-12-6-3-7-13-22/h2-17,20H,18-19H2,1H3,(H,31,32). The normalized spacial score (nSPS) is 11.1. The van der Waals surface area contributed by atoms with Gasteiger partial charge in [-0.15, -0.1) is 0 Å². The number of anilines is 1. The Bertz CT molecular complexity index is 1640. The molecule has 36 heavy (non-hydrogen) atoms. The first-order chi connectivity index (χ1) is 17.8. The van der Waals surface area contributed by atoms with Crippen LogP contribution in [-0.2, 0) is 13.1 Å². The first-order valence-corrected chi connectivity index (χ1v) is 11.9. The lowest BCUT2D eigenvalue weighted by Crippen LogP contribution is -2.04. The van der Waals surface area contributed by atoms with Crippen LogP contribution in [0.25, 0.3) is 33.2 Å². The number of aromatic nitrogens is 4. The number of rotatable bonds is 7. The summed E-state index contributed by atoms with van der Waals surface area (Å²) in [7, 11) is 1.69. The lowest BCUT2D eigenvalue weighted by Gasteiger charge is -2.11. The first kappa shape index (κ1) is 21.8. The highest BCUT2D eigenvalue weighted by molar-refractivity contribution is 6.14. The summed E-state index contributed by atoms with van der Waals surface area (Å²) in [5, 5.41) is 4.53. The number of nitrogens with zero attached hydrogens (tertiary/aromatic N) is 4. The highest BCUT2D eigenvalue weighted by Gasteiger charge is 2.20. The van der Waals surface area contributed by atoms with Gasteiger partial charge in [0.2, 0.25) is 0 Å². The molecule has 6 heteroatoms. The van der Waals surface area contributed by atoms with E-state index >= 15 is 0 Å². The van der Waals surface area contributed by atoms with Gasteiger partial charge < -0.3 is 14.6 Å². The Morgan fingerprint density at radius 3 is 2.36 bits per heavy atom. The zero-order valence-electron chi connectivity index (χ0n) is 19.9. The van der Waals surface area contributed by atoms with Crippen LogP contribution in [0, 0.1) is 0 Å². The molecule has 3 aromatic heterocycles. The summed E-state index contributed by atoms with van der Waals surface area (Å²) >= 11 is 0. The summed E-state index contributed by atoms with van der Waals surface area (Å²) in [4.78, 5) is 14.2. The third-order valence-corrected chi connectivity index (χ3v) is 6.42. The molecule has 0 saturated carbocycles. The number of methoxy groups -OCH3 is 1. The Morgan fingerprint density at radius 1 is 0.806 bits per heavy atom. The van der Waals surface area contributed by atoms with Crippen molar-refractivity contribution < 1.29 is 4.74 Å². The summed E-state index contributed by atoms with van der Waals surface area (Å²) < 4.78 is 7.85. The number of nitrogens with one attached hydrogen (secondary N) is 1. The van der Waals surface area contributed by atoms with Crippen molar-refractivity contribution in [2.24, 2.45) is 0 Å². The van der Waals surface area contributed by atoms with E-state index in [1.54, 1.807) is 13.4 Å². The van der Waals surface area contributed by atoms with Crippen LogP contribution in [0.1, 0.15) is 11.1 Å². The maximum Gasteiger partial charge on any atom is 0.137 e. The van der Waals surface area contributed by atoms with Crippen LogP contribution in [0.3, 0.4) is 0 Å². The number of para-hydroxylation sites is 1. The molecule has 0 aliphatic carbocycles. The summed E-state index contributed by atoms with van der Waals surface area (Å²) in [6.45, 7) is 1.28. The zero-order chi connectivity index (χ0) is 24.3. The SMILES string of the molecule is COc1ccccc1CNc1nccc2c1c1ncnc(-c3ccccc3)c1n2Cc1ccccc1. The van der Waals surface area contributed by atoms with E-state index in [1.165, 1.54) is 5.56 Å². The predicted molar refractivity (Wildman–Crippen MR) is 144 cm³/mol. The van der Waals surface area contributed by atoms with Crippen molar-refractivity contribution in [3.05, 3.63) is 115 Å². The van der Waals surface area contributed by atoms with E-state index < -0.39 is 0 Å². The Hall–Kier alpha value is -4.71. The number of pyridine rings is 1. The van der Waals surface area contributed by atoms with Crippen LogP contribution in [0.4, 0.5) is 5.82 Å². The molecular formula is C30H25N5O. The van der Waals surface area contributed by atoms with Gasteiger partial charge in [0.15, 0.2) is 0 Å². The molecule has 0 fully saturated rings. The summed E-state index contributed by atoms with van der Waals surface area (Å²) in [6, 6.07) is 30.8. The molecule has 1 N–H and O–H groups in total. The number of ether oxygens (including phenoxy) is 1. The van der Waals surface area contributed by atoms with E-state index in [1.807, 2.05) is 48.7 Å². The monoisotopic (exact) mass is 471 g/mol. The maximum absolute atomic E-state index is 5.54. The second-order valence-electron chi connectivity index (χ2n) is 8.58. The first-order valence-electron chi connectivity index (χ1n) is 11.9. The smallest absolute Gasteiger partial charge is 0.137 e. The molecule has 3 heterocycles. The fourth-order valence-electron chi connectivity index (χ4n) is 4.75. The van der Waals surface area contributed by atoms with Crippen LogP contribution < -0.4 is 10.1 Å². The van der Waals surface area contributed by atoms with Crippen molar-refractivity contribution >= 4 is 27.8 Å². The molecule has 0 spiro atoms. The van der Waals surface area contributed by atoms with Crippen molar-refractivity contribution in [1.82, 2.24) is 19.5 Å². The quantitative estimate of drug-likeness (QED) is 0.295. The van der Waals surface area contributed by atoms with Crippen molar-refractivity contribution in [1.29, 1.82) is 0 Å². The molecule has 6 rings (SSSR count). The minimum atomic E-state index is 0.581. The van der Waals surface area contributed by atoms with E-state index in [4.69, 9.17) is 19.7 Å². The molecule has 6 nitrogen and oxygen atoms in total. The van der Waals surface area contributed by atoms with Crippen LogP contribution in [-0.4, -0.2) is 26.6 Å². The molecule has 176 valence electrons. The van der Waals surface area contributed by atoms with Crippen LogP contribution in [0.2, 0.25) is 0 Å². The fourth-order valence-corrected chi connectivity index (χ4v) is 4.75. The molecule has 0 aliphatic heterocycles. The molecule has 0 aliphatic rings. The van der Waals surface area contributed by atoms with Crippen molar-refractivity contribution in [2.75, 3.05) is 12.4 Å². The second kappa shape index (κ2) is 9.50. The lowest BCUT2D eigenvalue weighted by atomic mass is 10.1. The van der Waals surface area contributed by atoms with E-state index in [-0.39, 0.29) is 0 Å². The summed E-state index contributed by atoms with van der Waals surface area (Å²) in [6.07, 6.45) is 3.50. The topological polar surface area (TPSA) is 64.9 Å². The molecule has 0 radical (unpaired) electrons. The van der Waals surface area contributed by atoms with E-state index in [0.29, 0.717) is 13.1 Å². The molecule has 0 saturated heterocycles. The Balaban J connectivity index is 1.55. The molecule has 0 amide bonds. The van der Waals surface area contributed by atoms with Crippen LogP contribution in [0.5, 0.6) is 5.75 Å². The number of fused-ring (bicyclic) bond motifs is 3.